The zero-order valence-electron chi connectivity index (χ0n) is 8.12. The molecule has 0 saturated heterocycles. The quantitative estimate of drug-likeness (QED) is 0.525. The molecule has 0 bridgehead atoms. The minimum absolute atomic E-state index is 0.0540. The van der Waals surface area contributed by atoms with Gasteiger partial charge in [0.1, 0.15) is 12.5 Å². The van der Waals surface area contributed by atoms with Gasteiger partial charge < -0.3 is 10.1 Å². The first-order valence-electron chi connectivity index (χ1n) is 4.42. The van der Waals surface area contributed by atoms with E-state index < -0.39 is 0 Å². The Morgan fingerprint density at radius 1 is 1.36 bits per heavy atom. The van der Waals surface area contributed by atoms with Crippen molar-refractivity contribution in [3.8, 4) is 5.75 Å². The second kappa shape index (κ2) is 5.99. The van der Waals surface area contributed by atoms with Gasteiger partial charge >= 0.3 is 0 Å². The van der Waals surface area contributed by atoms with E-state index in [-0.39, 0.29) is 12.5 Å². The van der Waals surface area contributed by atoms with Crippen molar-refractivity contribution in [3.05, 3.63) is 30.3 Å². The lowest BCUT2D eigenvalue weighted by atomic mass is 10.3. The fraction of sp³-hybridized carbons (Fsp3) is 0.300. The molecule has 14 heavy (non-hydrogen) atoms. The van der Waals surface area contributed by atoms with Crippen molar-refractivity contribution in [1.82, 2.24) is 10.6 Å². The van der Waals surface area contributed by atoms with Crippen LogP contribution >= 0.6 is 0 Å². The highest BCUT2D eigenvalue weighted by atomic mass is 16.5. The number of nitrogens with one attached hydrogen (secondary N) is 2. The number of benzene rings is 1. The van der Waals surface area contributed by atoms with Gasteiger partial charge in [-0.1, -0.05) is 18.2 Å². The number of para-hydroxylation sites is 1. The van der Waals surface area contributed by atoms with Crippen LogP contribution in [0.15, 0.2) is 30.3 Å². The summed E-state index contributed by atoms with van der Waals surface area (Å²) in [4.78, 5) is 10.8. The minimum Gasteiger partial charge on any atom is -0.478 e. The molecule has 4 heteroatoms. The molecule has 0 fully saturated rings. The lowest BCUT2D eigenvalue weighted by molar-refractivity contribution is -0.119. The number of hydrogen-bond donors (Lipinski definition) is 2. The average Bonchev–Trinajstić information content (AvgIpc) is 2.25. The summed E-state index contributed by atoms with van der Waals surface area (Å²) in [6, 6.07) is 9.44. The molecule has 0 aromatic heterocycles. The number of hydrogen-bond acceptors (Lipinski definition) is 3. The average molecular weight is 194 g/mol. The second-order valence-corrected chi connectivity index (χ2v) is 2.70. The third kappa shape index (κ3) is 3.91. The summed E-state index contributed by atoms with van der Waals surface area (Å²) in [5.41, 5.74) is 0. The predicted molar refractivity (Wildman–Crippen MR) is 54.0 cm³/mol. The van der Waals surface area contributed by atoms with Gasteiger partial charge in [-0.2, -0.15) is 0 Å². The van der Waals surface area contributed by atoms with Gasteiger partial charge in [-0.25, -0.2) is 0 Å². The summed E-state index contributed by atoms with van der Waals surface area (Å²) in [6.45, 7) is 0.598. The van der Waals surface area contributed by atoms with Crippen molar-refractivity contribution >= 4 is 5.91 Å². The standard InChI is InChI=1S/C10H14N2O2/c1-11-10(13)7-12-8-14-9-5-3-2-4-6-9/h2-6,12H,7-8H2,1H3,(H,11,13). The fourth-order valence-electron chi connectivity index (χ4n) is 0.904. The molecule has 0 saturated carbocycles. The van der Waals surface area contributed by atoms with Gasteiger partial charge in [0.25, 0.3) is 0 Å². The van der Waals surface area contributed by atoms with Crippen LogP contribution in [0.5, 0.6) is 5.75 Å². The van der Waals surface area contributed by atoms with E-state index in [9.17, 15) is 4.79 Å². The molecule has 0 aliphatic carbocycles. The molecule has 0 spiro atoms. The van der Waals surface area contributed by atoms with E-state index in [0.29, 0.717) is 6.73 Å². The Bertz CT molecular complexity index is 275. The van der Waals surface area contributed by atoms with Crippen molar-refractivity contribution in [2.75, 3.05) is 20.3 Å². The molecule has 76 valence electrons. The van der Waals surface area contributed by atoms with Crippen LogP contribution in [0.3, 0.4) is 0 Å². The SMILES string of the molecule is CNC(=O)CNCOc1ccccc1. The summed E-state index contributed by atoms with van der Waals surface area (Å²) < 4.78 is 5.31. The van der Waals surface area contributed by atoms with E-state index in [1.54, 1.807) is 7.05 Å². The van der Waals surface area contributed by atoms with Crippen molar-refractivity contribution in [2.45, 2.75) is 0 Å². The molecule has 4 nitrogen and oxygen atoms in total. The van der Waals surface area contributed by atoms with E-state index in [1.165, 1.54) is 0 Å². The highest BCUT2D eigenvalue weighted by molar-refractivity contribution is 5.77. The van der Waals surface area contributed by atoms with Gasteiger partial charge in [-0.05, 0) is 12.1 Å². The van der Waals surface area contributed by atoms with Crippen LogP contribution in [0.1, 0.15) is 0 Å². The number of likely N-dealkylation sites (N-methyl/N-ethyl adjacent to an activating group) is 1. The summed E-state index contributed by atoms with van der Waals surface area (Å²) >= 11 is 0. The third-order valence-electron chi connectivity index (χ3n) is 1.65. The van der Waals surface area contributed by atoms with Crippen molar-refractivity contribution in [1.29, 1.82) is 0 Å². The smallest absolute Gasteiger partial charge is 0.233 e. The van der Waals surface area contributed by atoms with Crippen LogP contribution in [0.25, 0.3) is 0 Å². The first-order chi connectivity index (χ1) is 6.83. The lowest BCUT2D eigenvalue weighted by Gasteiger charge is -2.06. The van der Waals surface area contributed by atoms with Crippen LogP contribution in [0.4, 0.5) is 0 Å². The molecule has 1 amide bonds. The van der Waals surface area contributed by atoms with Crippen LogP contribution in [-0.2, 0) is 4.79 Å². The third-order valence-corrected chi connectivity index (χ3v) is 1.65. The topological polar surface area (TPSA) is 50.4 Å². The van der Waals surface area contributed by atoms with Crippen LogP contribution < -0.4 is 15.4 Å². The van der Waals surface area contributed by atoms with Crippen LogP contribution in [0.2, 0.25) is 0 Å². The molecule has 1 aromatic carbocycles. The minimum atomic E-state index is -0.0540. The molecular weight excluding hydrogens is 180 g/mol. The molecule has 1 aromatic rings. The van der Waals surface area contributed by atoms with Gasteiger partial charge in [0.2, 0.25) is 5.91 Å². The zero-order valence-corrected chi connectivity index (χ0v) is 8.12. The maximum atomic E-state index is 10.8. The van der Waals surface area contributed by atoms with E-state index in [4.69, 9.17) is 4.74 Å². The molecule has 0 aliphatic rings. The van der Waals surface area contributed by atoms with Crippen molar-refractivity contribution in [2.24, 2.45) is 0 Å². The van der Waals surface area contributed by atoms with E-state index in [1.807, 2.05) is 30.3 Å². The first-order valence-corrected chi connectivity index (χ1v) is 4.42. The Morgan fingerprint density at radius 2 is 2.07 bits per heavy atom. The second-order valence-electron chi connectivity index (χ2n) is 2.70. The Morgan fingerprint density at radius 3 is 2.71 bits per heavy atom. The fourth-order valence-corrected chi connectivity index (χ4v) is 0.904. The van der Waals surface area contributed by atoms with Gasteiger partial charge in [-0.3, -0.25) is 10.1 Å². The number of rotatable bonds is 5. The van der Waals surface area contributed by atoms with Crippen LogP contribution in [-0.4, -0.2) is 26.2 Å². The summed E-state index contributed by atoms with van der Waals surface area (Å²) in [7, 11) is 1.60. The largest absolute Gasteiger partial charge is 0.478 e. The van der Waals surface area contributed by atoms with Crippen molar-refractivity contribution in [3.63, 3.8) is 0 Å². The van der Waals surface area contributed by atoms with Gasteiger partial charge in [0.05, 0.1) is 6.54 Å². The molecular formula is C10H14N2O2. The van der Waals surface area contributed by atoms with E-state index >= 15 is 0 Å². The summed E-state index contributed by atoms with van der Waals surface area (Å²) in [5.74, 6) is 0.735. The van der Waals surface area contributed by atoms with Gasteiger partial charge in [-0.15, -0.1) is 0 Å². The highest BCUT2D eigenvalue weighted by Gasteiger charge is 1.95. The first kappa shape index (κ1) is 10.5. The molecule has 0 unspecified atom stereocenters. The van der Waals surface area contributed by atoms with E-state index in [0.717, 1.165) is 5.75 Å². The predicted octanol–water partition coefficient (Wildman–Crippen LogP) is 0.358. The Kier molecular flexibility index (Phi) is 4.50. The maximum Gasteiger partial charge on any atom is 0.233 e. The summed E-state index contributed by atoms with van der Waals surface area (Å²) in [5, 5.41) is 5.36. The molecule has 0 aliphatic heterocycles. The molecule has 1 rings (SSSR count). The Labute approximate surface area is 83.3 Å². The number of carbonyl (C=O) groups is 1. The Balaban J connectivity index is 2.13. The Hall–Kier alpha value is -1.55. The van der Waals surface area contributed by atoms with Gasteiger partial charge in [0, 0.05) is 7.05 Å². The molecule has 0 heterocycles. The number of amides is 1. The molecule has 0 atom stereocenters. The lowest BCUT2D eigenvalue weighted by Crippen LogP contribution is -2.33. The number of ether oxygens (including phenoxy) is 1. The van der Waals surface area contributed by atoms with Crippen molar-refractivity contribution < 1.29 is 9.53 Å². The van der Waals surface area contributed by atoms with Gasteiger partial charge in [0.15, 0.2) is 0 Å². The van der Waals surface area contributed by atoms with Crippen LogP contribution in [0, 0.1) is 0 Å². The highest BCUT2D eigenvalue weighted by Crippen LogP contribution is 2.06. The molecule has 0 radical (unpaired) electrons. The monoisotopic (exact) mass is 194 g/mol. The van der Waals surface area contributed by atoms with E-state index in [2.05, 4.69) is 10.6 Å². The number of carbonyl (C=O) groups excluding carboxylic acids is 1. The molecule has 2 N–H and O–H groups in total. The maximum absolute atomic E-state index is 10.8. The summed E-state index contributed by atoms with van der Waals surface area (Å²) in [6.07, 6.45) is 0. The normalized spacial score (nSPS) is 9.50. The zero-order chi connectivity index (χ0) is 10.2.